The van der Waals surface area contributed by atoms with Crippen LogP contribution in [0, 0.1) is 35.5 Å². The predicted octanol–water partition coefficient (Wildman–Crippen LogP) is 5.64. The van der Waals surface area contributed by atoms with E-state index in [4.69, 9.17) is 28.4 Å². The average Bonchev–Trinajstić information content (AvgIpc) is 1.76. The zero-order valence-electron chi connectivity index (χ0n) is 55.2. The third-order valence-electron chi connectivity index (χ3n) is 17.0. The molecule has 3 aromatic rings. The van der Waals surface area contributed by atoms with E-state index in [1.165, 1.54) is 19.1 Å². The highest BCUT2D eigenvalue weighted by molar-refractivity contribution is 5.97. The molecular weight excluding hydrogens is 1170 g/mol. The van der Waals surface area contributed by atoms with Gasteiger partial charge in [-0.15, -0.1) is 0 Å². The Labute approximate surface area is 538 Å². The summed E-state index contributed by atoms with van der Waals surface area (Å²) < 4.78 is 34.5. The summed E-state index contributed by atoms with van der Waals surface area (Å²) in [5.41, 5.74) is 4.05. The van der Waals surface area contributed by atoms with Crippen molar-refractivity contribution >= 4 is 53.0 Å². The highest BCUT2D eigenvalue weighted by atomic mass is 16.6. The van der Waals surface area contributed by atoms with Crippen molar-refractivity contribution in [1.29, 1.82) is 0 Å². The van der Waals surface area contributed by atoms with Gasteiger partial charge in [0.2, 0.25) is 41.4 Å². The minimum atomic E-state index is -1.17. The van der Waals surface area contributed by atoms with E-state index in [1.54, 1.807) is 60.0 Å². The van der Waals surface area contributed by atoms with Crippen molar-refractivity contribution in [3.8, 4) is 11.8 Å². The lowest BCUT2D eigenvalue weighted by Crippen LogP contribution is -2.60. The maximum absolute atomic E-state index is 14.7. The summed E-state index contributed by atoms with van der Waals surface area (Å²) >= 11 is 0. The van der Waals surface area contributed by atoms with Crippen molar-refractivity contribution in [2.24, 2.45) is 23.7 Å². The molecule has 2 aliphatic rings. The van der Waals surface area contributed by atoms with E-state index in [1.807, 2.05) is 96.1 Å². The molecular formula is C69H99N7O15. The lowest BCUT2D eigenvalue weighted by atomic mass is 9.89. The highest BCUT2D eigenvalue weighted by Crippen LogP contribution is 2.31. The molecule has 7 amide bonds. The quantitative estimate of drug-likeness (QED) is 0.0398. The lowest BCUT2D eigenvalue weighted by Gasteiger charge is -2.41. The van der Waals surface area contributed by atoms with Gasteiger partial charge in [0.05, 0.1) is 108 Å². The number of aliphatic carboxylic acids is 1. The van der Waals surface area contributed by atoms with Crippen molar-refractivity contribution in [2.75, 3.05) is 99.2 Å². The van der Waals surface area contributed by atoms with Crippen LogP contribution in [0.5, 0.6) is 0 Å². The van der Waals surface area contributed by atoms with Crippen LogP contribution in [0.15, 0.2) is 78.9 Å². The average molecular weight is 1270 g/mol. The summed E-state index contributed by atoms with van der Waals surface area (Å²) in [6.07, 6.45) is 0.430. The van der Waals surface area contributed by atoms with Crippen LogP contribution in [0.1, 0.15) is 116 Å². The maximum Gasteiger partial charge on any atom is 0.326 e. The monoisotopic (exact) mass is 1270 g/mol. The third-order valence-corrected chi connectivity index (χ3v) is 17.0. The number of carbonyl (C=O) groups is 8. The van der Waals surface area contributed by atoms with Crippen molar-refractivity contribution in [1.82, 2.24) is 30.7 Å². The first-order valence-corrected chi connectivity index (χ1v) is 31.9. The van der Waals surface area contributed by atoms with Gasteiger partial charge in [-0.25, -0.2) is 4.79 Å². The fraction of sp³-hybridized carbons (Fsp3) is 0.594. The van der Waals surface area contributed by atoms with E-state index >= 15 is 0 Å². The van der Waals surface area contributed by atoms with Gasteiger partial charge in [-0.3, -0.25) is 33.6 Å². The Bertz CT molecular complexity index is 2900. The van der Waals surface area contributed by atoms with Crippen LogP contribution >= 0.6 is 0 Å². The second kappa shape index (κ2) is 38.6. The van der Waals surface area contributed by atoms with Gasteiger partial charge in [0.15, 0.2) is 0 Å². The minimum Gasteiger partial charge on any atom is -0.480 e. The molecule has 22 nitrogen and oxygen atoms in total. The number of benzene rings is 3. The molecule has 1 fully saturated rings. The van der Waals surface area contributed by atoms with Crippen molar-refractivity contribution in [3.05, 3.63) is 101 Å². The number of nitrogens with one attached hydrogen (secondary N) is 3. The van der Waals surface area contributed by atoms with Gasteiger partial charge in [0, 0.05) is 71.8 Å². The zero-order chi connectivity index (χ0) is 66.6. The number of fused-ring (bicyclic) bond motifs is 2. The summed E-state index contributed by atoms with van der Waals surface area (Å²) in [4.78, 5) is 115. The molecule has 0 saturated carbocycles. The summed E-state index contributed by atoms with van der Waals surface area (Å²) in [6.45, 7) is 16.1. The Morgan fingerprint density at radius 2 is 1.27 bits per heavy atom. The van der Waals surface area contributed by atoms with E-state index in [-0.39, 0.29) is 112 Å². The van der Waals surface area contributed by atoms with Gasteiger partial charge in [-0.1, -0.05) is 127 Å². The summed E-state index contributed by atoms with van der Waals surface area (Å²) in [7, 11) is 6.19. The zero-order valence-corrected chi connectivity index (χ0v) is 55.2. The van der Waals surface area contributed by atoms with E-state index in [0.29, 0.717) is 58.8 Å². The number of hydrogen-bond acceptors (Lipinski definition) is 14. The van der Waals surface area contributed by atoms with Gasteiger partial charge in [-0.05, 0) is 59.9 Å². The molecule has 9 atom stereocenters. The number of hydrogen-bond donors (Lipinski definition) is 4. The molecule has 0 spiro atoms. The third kappa shape index (κ3) is 22.5. The van der Waals surface area contributed by atoms with E-state index < -0.39 is 66.1 Å². The number of likely N-dealkylation sites (N-methyl/N-ethyl adjacent to an activating group) is 2. The molecule has 0 aromatic heterocycles. The van der Waals surface area contributed by atoms with Gasteiger partial charge >= 0.3 is 5.97 Å². The summed E-state index contributed by atoms with van der Waals surface area (Å²) in [5.74, 6) is 1.23. The van der Waals surface area contributed by atoms with E-state index in [2.05, 4.69) is 27.8 Å². The number of rotatable bonds is 39. The number of nitrogens with zero attached hydrogens (tertiary/aromatic N) is 4. The van der Waals surface area contributed by atoms with E-state index in [9.17, 15) is 43.5 Å². The Kier molecular flexibility index (Phi) is 31.6. The molecule has 2 aliphatic heterocycles. The summed E-state index contributed by atoms with van der Waals surface area (Å²) in [6, 6.07) is 20.1. The maximum atomic E-state index is 14.7. The van der Waals surface area contributed by atoms with Crippen LogP contribution in [0.3, 0.4) is 0 Å². The van der Waals surface area contributed by atoms with Gasteiger partial charge in [-0.2, -0.15) is 0 Å². The fourth-order valence-corrected chi connectivity index (χ4v) is 11.7. The first-order valence-electron chi connectivity index (χ1n) is 31.9. The molecule has 4 N–H and O–H groups in total. The van der Waals surface area contributed by atoms with Gasteiger partial charge < -0.3 is 69.1 Å². The number of carboxylic acids is 1. The standard InChI is InChI=1S/C69H99N7O15/c1-12-48(6)64(57(86-10)44-61(80)75-34-20-27-56(75)65(87-11)49(7)66(81)71-54(69(84)85)43-50-21-14-13-15-22-50)74(9)68(83)62(46(2)3)72-67(82)63(47(4)5)73(8)59(78)32-35-88-37-39-90-41-42-91-40-38-89-36-33-70-58(77)30-31-60(79)76-45-53-25-17-16-23-51(53)28-29-52-24-18-19-26-55(52)76/h13-19,21-26,46-49,54,56-57,62-65H,12,20,27,30-45H2,1-11H3,(H,70,77)(H,71,81)(H,72,82)(H,84,85)/t48-,49+,54-,56-,57?,62-,63-,64-,65+/m0/s1. The second-order valence-electron chi connectivity index (χ2n) is 24.1. The normalized spacial score (nSPS) is 16.3. The Balaban J connectivity index is 0.989. The number of likely N-dealkylation sites (tertiary alicyclic amines) is 1. The first kappa shape index (κ1) is 74.5. The fourth-order valence-electron chi connectivity index (χ4n) is 11.7. The van der Waals surface area contributed by atoms with Crippen molar-refractivity contribution in [2.45, 2.75) is 149 Å². The lowest BCUT2D eigenvalue weighted by molar-refractivity contribution is -0.149. The van der Waals surface area contributed by atoms with Crippen LogP contribution in [0.4, 0.5) is 5.69 Å². The number of carboxylic acid groups (broad SMARTS) is 1. The predicted molar refractivity (Wildman–Crippen MR) is 344 cm³/mol. The largest absolute Gasteiger partial charge is 0.480 e. The number of carbonyl (C=O) groups excluding carboxylic acids is 7. The molecule has 0 aliphatic carbocycles. The number of methoxy groups -OCH3 is 2. The molecule has 1 unspecified atom stereocenters. The number of amides is 7. The molecule has 0 radical (unpaired) electrons. The van der Waals surface area contributed by atoms with E-state index in [0.717, 1.165) is 27.9 Å². The summed E-state index contributed by atoms with van der Waals surface area (Å²) in [5, 5.41) is 18.5. The number of ether oxygens (including phenoxy) is 6. The van der Waals surface area contributed by atoms with Crippen LogP contribution in [0.25, 0.3) is 0 Å². The molecule has 0 bridgehead atoms. The van der Waals surface area contributed by atoms with Crippen LogP contribution in [-0.4, -0.2) is 204 Å². The molecule has 2 heterocycles. The SMILES string of the molecule is CC[C@H](C)[C@@H](C(CC(=O)N1CCC[C@H]1[C@H](OC)[C@@H](C)C(=O)N[C@@H](Cc1ccccc1)C(=O)O)OC)N(C)C(=O)[C@@H](NC(=O)[C@H](C(C)C)N(C)C(=O)CCOCCOCCOCCOCCNC(=O)CCC(=O)N1Cc2ccccc2C#Cc2ccccc21)C(C)C. The topological polar surface area (TPSA) is 261 Å². The number of anilines is 1. The molecule has 22 heteroatoms. The molecule has 5 rings (SSSR count). The minimum absolute atomic E-state index is 0.00385. The molecule has 500 valence electrons. The van der Waals surface area contributed by atoms with Crippen LogP contribution in [0.2, 0.25) is 0 Å². The smallest absolute Gasteiger partial charge is 0.326 e. The van der Waals surface area contributed by atoms with Crippen LogP contribution < -0.4 is 20.9 Å². The Morgan fingerprint density at radius 3 is 1.89 bits per heavy atom. The highest BCUT2D eigenvalue weighted by Gasteiger charge is 2.44. The molecule has 3 aromatic carbocycles. The Morgan fingerprint density at radius 1 is 0.670 bits per heavy atom. The van der Waals surface area contributed by atoms with Crippen molar-refractivity contribution < 1.29 is 71.9 Å². The van der Waals surface area contributed by atoms with Crippen LogP contribution in [-0.2, 0) is 79.7 Å². The van der Waals surface area contributed by atoms with Gasteiger partial charge in [0.25, 0.3) is 0 Å². The first-order chi connectivity index (χ1) is 43.6. The second-order valence-corrected chi connectivity index (χ2v) is 24.1. The number of para-hydroxylation sites is 1. The van der Waals surface area contributed by atoms with Crippen molar-refractivity contribution in [3.63, 3.8) is 0 Å². The molecule has 91 heavy (non-hydrogen) atoms. The Hall–Kier alpha value is -7.26. The van der Waals surface area contributed by atoms with Gasteiger partial charge in [0.1, 0.15) is 18.1 Å². The molecule has 1 saturated heterocycles.